The normalized spacial score (nSPS) is 11.2. The number of nitrogens with zero attached hydrogens (tertiary/aromatic N) is 2. The van der Waals surface area contributed by atoms with Gasteiger partial charge in [-0.05, 0) is 24.6 Å². The number of rotatable bonds is 4. The lowest BCUT2D eigenvalue weighted by molar-refractivity contribution is 0.414. The Morgan fingerprint density at radius 3 is 2.76 bits per heavy atom. The van der Waals surface area contributed by atoms with Gasteiger partial charge in [-0.15, -0.1) is 0 Å². The molecule has 0 spiro atoms. The summed E-state index contributed by atoms with van der Waals surface area (Å²) in [5.41, 5.74) is 7.11. The number of hydrogen-bond donors (Lipinski definition) is 3. The molecule has 0 unspecified atom stereocenters. The van der Waals surface area contributed by atoms with Crippen molar-refractivity contribution >= 4 is 11.9 Å². The number of aromatic nitrogens is 2. The Hall–Kier alpha value is -2.83. The molecule has 0 aliphatic carbocycles. The Bertz CT molecular complexity index is 691. The van der Waals surface area contributed by atoms with Crippen LogP contribution in [0.3, 0.4) is 0 Å². The summed E-state index contributed by atoms with van der Waals surface area (Å²) in [4.78, 5) is 22.1. The van der Waals surface area contributed by atoms with Gasteiger partial charge in [0.25, 0.3) is 5.56 Å². The lowest BCUT2D eigenvalue weighted by Crippen LogP contribution is -2.25. The van der Waals surface area contributed by atoms with Gasteiger partial charge in [0.05, 0.1) is 13.7 Å². The number of nitrogens with one attached hydrogen (secondary N) is 2. The van der Waals surface area contributed by atoms with Gasteiger partial charge in [0, 0.05) is 11.8 Å². The first kappa shape index (κ1) is 14.6. The van der Waals surface area contributed by atoms with Crippen LogP contribution in [-0.2, 0) is 6.54 Å². The highest BCUT2D eigenvalue weighted by Crippen LogP contribution is 2.11. The second kappa shape index (κ2) is 6.56. The molecule has 4 N–H and O–H groups in total. The summed E-state index contributed by atoms with van der Waals surface area (Å²) in [5.74, 6) is 1.24. The fraction of sp³-hybridized carbons (Fsp3) is 0.214. The molecule has 7 heteroatoms. The summed E-state index contributed by atoms with van der Waals surface area (Å²) >= 11 is 0. The maximum atomic E-state index is 11.3. The largest absolute Gasteiger partial charge is 0.497 e. The van der Waals surface area contributed by atoms with Crippen LogP contribution in [0, 0.1) is 6.92 Å². The monoisotopic (exact) mass is 287 g/mol. The van der Waals surface area contributed by atoms with Gasteiger partial charge in [-0.25, -0.2) is 9.98 Å². The van der Waals surface area contributed by atoms with Crippen molar-refractivity contribution in [1.82, 2.24) is 9.97 Å². The van der Waals surface area contributed by atoms with Crippen LogP contribution >= 0.6 is 0 Å². The summed E-state index contributed by atoms with van der Waals surface area (Å²) in [5, 5.41) is 2.75. The van der Waals surface area contributed by atoms with Gasteiger partial charge in [0.15, 0.2) is 5.96 Å². The highest BCUT2D eigenvalue weighted by Gasteiger charge is 2.00. The topological polar surface area (TPSA) is 105 Å². The molecule has 110 valence electrons. The maximum Gasteiger partial charge on any atom is 0.252 e. The molecule has 0 saturated heterocycles. The van der Waals surface area contributed by atoms with Crippen LogP contribution in [0.15, 0.2) is 40.1 Å². The van der Waals surface area contributed by atoms with Crippen molar-refractivity contribution in [2.75, 3.05) is 12.4 Å². The number of benzene rings is 1. The Morgan fingerprint density at radius 2 is 2.14 bits per heavy atom. The lowest BCUT2D eigenvalue weighted by Gasteiger charge is -2.05. The highest BCUT2D eigenvalue weighted by molar-refractivity contribution is 5.90. The standard InChI is InChI=1S/C14H17N5O2/c1-9-7-12(20)18-14(17-9)19-13(15)16-8-10-3-5-11(21-2)6-4-10/h3-7H,8H2,1-2H3,(H4,15,16,17,18,19,20). The predicted molar refractivity (Wildman–Crippen MR) is 81.5 cm³/mol. The number of guanidine groups is 1. The van der Waals surface area contributed by atoms with Crippen LogP contribution in [0.4, 0.5) is 5.95 Å². The van der Waals surface area contributed by atoms with E-state index in [4.69, 9.17) is 10.5 Å². The number of aromatic amines is 1. The number of anilines is 1. The van der Waals surface area contributed by atoms with Gasteiger partial charge in [0.1, 0.15) is 5.75 Å². The molecule has 0 amide bonds. The van der Waals surface area contributed by atoms with E-state index < -0.39 is 0 Å². The smallest absolute Gasteiger partial charge is 0.252 e. The number of nitrogens with two attached hydrogens (primary N) is 1. The summed E-state index contributed by atoms with van der Waals surface area (Å²) < 4.78 is 5.08. The third-order valence-electron chi connectivity index (χ3n) is 2.71. The van der Waals surface area contributed by atoms with Crippen LogP contribution < -0.4 is 21.3 Å². The average Bonchev–Trinajstić information content (AvgIpc) is 2.44. The molecule has 0 aliphatic rings. The average molecular weight is 287 g/mol. The number of ether oxygens (including phenoxy) is 1. The van der Waals surface area contributed by atoms with Gasteiger partial charge in [-0.3, -0.25) is 15.1 Å². The first-order valence-corrected chi connectivity index (χ1v) is 6.34. The van der Waals surface area contributed by atoms with Crippen molar-refractivity contribution in [2.45, 2.75) is 13.5 Å². The third-order valence-corrected chi connectivity index (χ3v) is 2.71. The van der Waals surface area contributed by atoms with E-state index in [1.165, 1.54) is 6.07 Å². The second-order valence-electron chi connectivity index (χ2n) is 4.41. The summed E-state index contributed by atoms with van der Waals surface area (Å²) in [6, 6.07) is 8.92. The second-order valence-corrected chi connectivity index (χ2v) is 4.41. The number of methoxy groups -OCH3 is 1. The zero-order valence-electron chi connectivity index (χ0n) is 11.9. The first-order valence-electron chi connectivity index (χ1n) is 6.34. The molecule has 0 atom stereocenters. The van der Waals surface area contributed by atoms with E-state index in [0.29, 0.717) is 12.2 Å². The lowest BCUT2D eigenvalue weighted by atomic mass is 10.2. The van der Waals surface area contributed by atoms with Gasteiger partial charge < -0.3 is 10.5 Å². The summed E-state index contributed by atoms with van der Waals surface area (Å²) in [7, 11) is 1.62. The quantitative estimate of drug-likeness (QED) is 0.575. The Balaban J connectivity index is 2.01. The van der Waals surface area contributed by atoms with Crippen molar-refractivity contribution < 1.29 is 4.74 Å². The van der Waals surface area contributed by atoms with E-state index in [1.807, 2.05) is 24.3 Å². The highest BCUT2D eigenvalue weighted by atomic mass is 16.5. The maximum absolute atomic E-state index is 11.3. The third kappa shape index (κ3) is 4.34. The number of aliphatic imine (C=N–C) groups is 1. The number of aryl methyl sites for hydroxylation is 1. The predicted octanol–water partition coefficient (Wildman–Crippen LogP) is 1.01. The minimum atomic E-state index is -0.243. The summed E-state index contributed by atoms with van der Waals surface area (Å²) in [6.07, 6.45) is 0. The van der Waals surface area contributed by atoms with E-state index in [9.17, 15) is 4.79 Å². The number of H-pyrrole nitrogens is 1. The Morgan fingerprint density at radius 1 is 1.43 bits per heavy atom. The van der Waals surface area contributed by atoms with Crippen LogP contribution in [0.1, 0.15) is 11.3 Å². The van der Waals surface area contributed by atoms with Crippen molar-refractivity contribution in [3.63, 3.8) is 0 Å². The van der Waals surface area contributed by atoms with Crippen LogP contribution in [-0.4, -0.2) is 23.0 Å². The molecule has 0 fully saturated rings. The molecule has 1 aromatic carbocycles. The van der Waals surface area contributed by atoms with E-state index in [-0.39, 0.29) is 17.5 Å². The minimum Gasteiger partial charge on any atom is -0.497 e. The van der Waals surface area contributed by atoms with E-state index >= 15 is 0 Å². The molecule has 1 heterocycles. The molecule has 1 aromatic heterocycles. The minimum absolute atomic E-state index is 0.180. The zero-order valence-corrected chi connectivity index (χ0v) is 11.9. The van der Waals surface area contributed by atoms with Gasteiger partial charge >= 0.3 is 0 Å². The van der Waals surface area contributed by atoms with Crippen molar-refractivity contribution in [1.29, 1.82) is 0 Å². The van der Waals surface area contributed by atoms with Crippen LogP contribution in [0.25, 0.3) is 0 Å². The van der Waals surface area contributed by atoms with E-state index in [0.717, 1.165) is 11.3 Å². The van der Waals surface area contributed by atoms with Gasteiger partial charge in [0.2, 0.25) is 5.95 Å². The molecule has 2 aromatic rings. The molecule has 0 bridgehead atoms. The van der Waals surface area contributed by atoms with Crippen molar-refractivity contribution in [3.05, 3.63) is 51.9 Å². The molecule has 7 nitrogen and oxygen atoms in total. The zero-order chi connectivity index (χ0) is 15.2. The molecular weight excluding hydrogens is 270 g/mol. The fourth-order valence-electron chi connectivity index (χ4n) is 1.71. The molecular formula is C14H17N5O2. The molecule has 2 rings (SSSR count). The Kier molecular flexibility index (Phi) is 4.55. The van der Waals surface area contributed by atoms with Crippen molar-refractivity contribution in [2.24, 2.45) is 10.7 Å². The van der Waals surface area contributed by atoms with Crippen LogP contribution in [0.2, 0.25) is 0 Å². The molecule has 0 saturated carbocycles. The van der Waals surface area contributed by atoms with E-state index in [1.54, 1.807) is 14.0 Å². The van der Waals surface area contributed by atoms with Crippen molar-refractivity contribution in [3.8, 4) is 5.75 Å². The molecule has 0 radical (unpaired) electrons. The first-order chi connectivity index (χ1) is 10.1. The van der Waals surface area contributed by atoms with Crippen LogP contribution in [0.5, 0.6) is 5.75 Å². The van der Waals surface area contributed by atoms with Gasteiger partial charge in [-0.1, -0.05) is 12.1 Å². The molecule has 21 heavy (non-hydrogen) atoms. The SMILES string of the molecule is COc1ccc(CN=C(N)Nc2nc(C)cc(=O)[nH]2)cc1. The van der Waals surface area contributed by atoms with Gasteiger partial charge in [-0.2, -0.15) is 0 Å². The fourth-order valence-corrected chi connectivity index (χ4v) is 1.71. The summed E-state index contributed by atoms with van der Waals surface area (Å²) in [6.45, 7) is 2.14. The number of hydrogen-bond acceptors (Lipinski definition) is 4. The Labute approximate surface area is 121 Å². The van der Waals surface area contributed by atoms with E-state index in [2.05, 4.69) is 20.3 Å². The molecule has 0 aliphatic heterocycles.